The summed E-state index contributed by atoms with van der Waals surface area (Å²) in [6, 6.07) is 6.59. The molecule has 1 unspecified atom stereocenters. The first-order valence-corrected chi connectivity index (χ1v) is 7.03. The van der Waals surface area contributed by atoms with Crippen LogP contribution in [0, 0.1) is 0 Å². The molecule has 0 fully saturated rings. The second-order valence-electron chi connectivity index (χ2n) is 4.66. The van der Waals surface area contributed by atoms with Crippen LogP contribution in [0.5, 0.6) is 0 Å². The van der Waals surface area contributed by atoms with Gasteiger partial charge in [0.25, 0.3) is 0 Å². The van der Waals surface area contributed by atoms with Crippen molar-refractivity contribution in [2.24, 2.45) is 0 Å². The molecule has 92 valence electrons. The molecule has 1 aromatic carbocycles. The SMILES string of the molecule is CC(CC(=O)O)Sc1ccc2c(c1)CCCC2. The third-order valence-electron chi connectivity index (χ3n) is 3.12. The van der Waals surface area contributed by atoms with Crippen molar-refractivity contribution < 1.29 is 9.90 Å². The number of thioether (sulfide) groups is 1. The Morgan fingerprint density at radius 3 is 2.76 bits per heavy atom. The Kier molecular flexibility index (Phi) is 4.11. The number of aliphatic carboxylic acids is 1. The highest BCUT2D eigenvalue weighted by atomic mass is 32.2. The summed E-state index contributed by atoms with van der Waals surface area (Å²) in [4.78, 5) is 11.8. The summed E-state index contributed by atoms with van der Waals surface area (Å²) in [5, 5.41) is 8.87. The Balaban J connectivity index is 2.04. The number of hydrogen-bond acceptors (Lipinski definition) is 2. The highest BCUT2D eigenvalue weighted by Crippen LogP contribution is 2.30. The van der Waals surface area contributed by atoms with Gasteiger partial charge >= 0.3 is 5.97 Å². The molecule has 1 aliphatic rings. The Hall–Kier alpha value is -0.960. The average Bonchev–Trinajstić information content (AvgIpc) is 2.27. The highest BCUT2D eigenvalue weighted by Gasteiger charge is 2.12. The Morgan fingerprint density at radius 1 is 1.35 bits per heavy atom. The summed E-state index contributed by atoms with van der Waals surface area (Å²) in [6.07, 6.45) is 5.18. The van der Waals surface area contributed by atoms with E-state index in [4.69, 9.17) is 5.11 Å². The predicted octanol–water partition coefficient (Wildman–Crippen LogP) is 3.52. The normalized spacial score (nSPS) is 16.3. The van der Waals surface area contributed by atoms with Gasteiger partial charge < -0.3 is 5.11 Å². The van der Waals surface area contributed by atoms with Gasteiger partial charge in [0.2, 0.25) is 0 Å². The first-order valence-electron chi connectivity index (χ1n) is 6.15. The maximum Gasteiger partial charge on any atom is 0.304 e. The fraction of sp³-hybridized carbons (Fsp3) is 0.500. The molecule has 0 heterocycles. The molecule has 1 aromatic rings. The van der Waals surface area contributed by atoms with Gasteiger partial charge in [-0.05, 0) is 48.9 Å². The van der Waals surface area contributed by atoms with E-state index < -0.39 is 5.97 Å². The molecule has 2 nitrogen and oxygen atoms in total. The first kappa shape index (κ1) is 12.5. The van der Waals surface area contributed by atoms with Crippen LogP contribution in [0.2, 0.25) is 0 Å². The standard InChI is InChI=1S/C14H18O2S/c1-10(8-14(15)16)17-13-7-6-11-4-2-3-5-12(11)9-13/h6-7,9-10H,2-5,8H2,1H3,(H,15,16). The fourth-order valence-electron chi connectivity index (χ4n) is 2.30. The van der Waals surface area contributed by atoms with Crippen LogP contribution < -0.4 is 0 Å². The summed E-state index contributed by atoms with van der Waals surface area (Å²) in [7, 11) is 0. The molecule has 17 heavy (non-hydrogen) atoms. The molecule has 1 aliphatic carbocycles. The summed E-state index contributed by atoms with van der Waals surface area (Å²) in [5.74, 6) is -0.719. The number of benzene rings is 1. The molecule has 2 rings (SSSR count). The van der Waals surface area contributed by atoms with Crippen LogP contribution in [-0.2, 0) is 17.6 Å². The van der Waals surface area contributed by atoms with Crippen molar-refractivity contribution in [2.75, 3.05) is 0 Å². The van der Waals surface area contributed by atoms with Crippen molar-refractivity contribution in [3.05, 3.63) is 29.3 Å². The minimum atomic E-state index is -0.719. The number of carboxylic acids is 1. The van der Waals surface area contributed by atoms with E-state index in [1.165, 1.54) is 41.7 Å². The zero-order valence-electron chi connectivity index (χ0n) is 10.1. The summed E-state index contributed by atoms with van der Waals surface area (Å²) < 4.78 is 0. The second-order valence-corrected chi connectivity index (χ2v) is 6.18. The van der Waals surface area contributed by atoms with E-state index in [1.54, 1.807) is 11.8 Å². The Morgan fingerprint density at radius 2 is 2.06 bits per heavy atom. The van der Waals surface area contributed by atoms with Crippen LogP contribution in [0.3, 0.4) is 0 Å². The van der Waals surface area contributed by atoms with Crippen molar-refractivity contribution in [2.45, 2.75) is 49.2 Å². The largest absolute Gasteiger partial charge is 0.481 e. The Bertz CT molecular complexity index is 415. The van der Waals surface area contributed by atoms with Gasteiger partial charge in [0.05, 0.1) is 6.42 Å². The fourth-order valence-corrected chi connectivity index (χ4v) is 3.35. The van der Waals surface area contributed by atoms with Crippen LogP contribution in [0.15, 0.2) is 23.1 Å². The third-order valence-corrected chi connectivity index (χ3v) is 4.21. The van der Waals surface area contributed by atoms with E-state index in [9.17, 15) is 4.79 Å². The third kappa shape index (κ3) is 3.50. The van der Waals surface area contributed by atoms with Gasteiger partial charge in [-0.1, -0.05) is 13.0 Å². The summed E-state index contributed by atoms with van der Waals surface area (Å²) in [5.41, 5.74) is 2.94. The van der Waals surface area contributed by atoms with Gasteiger partial charge in [0.1, 0.15) is 0 Å². The van der Waals surface area contributed by atoms with Crippen molar-refractivity contribution in [1.29, 1.82) is 0 Å². The maximum atomic E-state index is 10.6. The lowest BCUT2D eigenvalue weighted by atomic mass is 9.92. The molecular formula is C14H18O2S. The monoisotopic (exact) mass is 250 g/mol. The number of fused-ring (bicyclic) bond motifs is 1. The molecule has 0 aromatic heterocycles. The first-order chi connectivity index (χ1) is 8.15. The molecule has 1 N–H and O–H groups in total. The Labute approximate surface area is 106 Å². The van der Waals surface area contributed by atoms with Gasteiger partial charge in [0, 0.05) is 10.1 Å². The van der Waals surface area contributed by atoms with Gasteiger partial charge in [-0.25, -0.2) is 0 Å². The lowest BCUT2D eigenvalue weighted by molar-refractivity contribution is -0.136. The minimum absolute atomic E-state index is 0.133. The number of carboxylic acid groups (broad SMARTS) is 1. The lowest BCUT2D eigenvalue weighted by Crippen LogP contribution is -2.06. The molecule has 0 amide bonds. The highest BCUT2D eigenvalue weighted by molar-refractivity contribution is 8.00. The van der Waals surface area contributed by atoms with Crippen LogP contribution >= 0.6 is 11.8 Å². The van der Waals surface area contributed by atoms with E-state index in [0.29, 0.717) is 0 Å². The summed E-state index contributed by atoms with van der Waals surface area (Å²) >= 11 is 1.66. The van der Waals surface area contributed by atoms with Gasteiger partial charge in [-0.3, -0.25) is 4.79 Å². The van der Waals surface area contributed by atoms with Crippen molar-refractivity contribution in [1.82, 2.24) is 0 Å². The number of carbonyl (C=O) groups is 1. The minimum Gasteiger partial charge on any atom is -0.481 e. The van der Waals surface area contributed by atoms with Crippen LogP contribution in [0.4, 0.5) is 0 Å². The van der Waals surface area contributed by atoms with Crippen LogP contribution in [-0.4, -0.2) is 16.3 Å². The molecule has 0 saturated carbocycles. The van der Waals surface area contributed by atoms with E-state index in [0.717, 1.165) is 0 Å². The maximum absolute atomic E-state index is 10.6. The number of hydrogen-bond donors (Lipinski definition) is 1. The van der Waals surface area contributed by atoms with E-state index in [2.05, 4.69) is 18.2 Å². The quantitative estimate of drug-likeness (QED) is 0.831. The molecule has 0 spiro atoms. The van der Waals surface area contributed by atoms with Crippen LogP contribution in [0.25, 0.3) is 0 Å². The molecule has 0 saturated heterocycles. The molecule has 3 heteroatoms. The topological polar surface area (TPSA) is 37.3 Å². The molecule has 0 bridgehead atoms. The molecule has 0 radical (unpaired) electrons. The number of rotatable bonds is 4. The smallest absolute Gasteiger partial charge is 0.304 e. The van der Waals surface area contributed by atoms with Crippen LogP contribution in [0.1, 0.15) is 37.3 Å². The lowest BCUT2D eigenvalue weighted by Gasteiger charge is -2.17. The molecular weight excluding hydrogens is 232 g/mol. The second kappa shape index (κ2) is 5.58. The predicted molar refractivity (Wildman–Crippen MR) is 70.7 cm³/mol. The van der Waals surface area contributed by atoms with E-state index in [-0.39, 0.29) is 11.7 Å². The van der Waals surface area contributed by atoms with Crippen molar-refractivity contribution in [3.63, 3.8) is 0 Å². The van der Waals surface area contributed by atoms with Crippen molar-refractivity contribution >= 4 is 17.7 Å². The van der Waals surface area contributed by atoms with E-state index in [1.807, 2.05) is 6.92 Å². The molecule has 0 aliphatic heterocycles. The summed E-state index contributed by atoms with van der Waals surface area (Å²) in [6.45, 7) is 1.97. The van der Waals surface area contributed by atoms with Crippen molar-refractivity contribution in [3.8, 4) is 0 Å². The zero-order chi connectivity index (χ0) is 12.3. The zero-order valence-corrected chi connectivity index (χ0v) is 10.9. The average molecular weight is 250 g/mol. The van der Waals surface area contributed by atoms with E-state index >= 15 is 0 Å². The van der Waals surface area contributed by atoms with Gasteiger partial charge in [0.15, 0.2) is 0 Å². The molecule has 1 atom stereocenters. The van der Waals surface area contributed by atoms with Gasteiger partial charge in [-0.15, -0.1) is 11.8 Å². The number of aryl methyl sites for hydroxylation is 2. The van der Waals surface area contributed by atoms with Gasteiger partial charge in [-0.2, -0.15) is 0 Å².